The predicted octanol–water partition coefficient (Wildman–Crippen LogP) is 2.36. The minimum atomic E-state index is -4.47. The number of rotatable bonds is 1. The van der Waals surface area contributed by atoms with E-state index in [1.54, 1.807) is 0 Å². The molecule has 114 valence electrons. The summed E-state index contributed by atoms with van der Waals surface area (Å²) in [4.78, 5) is 1.40. The first kappa shape index (κ1) is 14.7. The molecule has 1 N–H and O–H groups in total. The lowest BCUT2D eigenvalue weighted by Crippen LogP contribution is -2.37. The van der Waals surface area contributed by atoms with Crippen molar-refractivity contribution < 1.29 is 21.6 Å². The van der Waals surface area contributed by atoms with Gasteiger partial charge in [-0.1, -0.05) is 17.8 Å². The number of alkyl halides is 3. The summed E-state index contributed by atoms with van der Waals surface area (Å²) in [7, 11) is -3.19. The third-order valence-corrected chi connectivity index (χ3v) is 6.67. The molecule has 2 atom stereocenters. The number of halogens is 3. The van der Waals surface area contributed by atoms with Crippen molar-refractivity contribution in [2.24, 2.45) is 0 Å². The number of sulfone groups is 1. The molecule has 2 aliphatic rings. The van der Waals surface area contributed by atoms with E-state index in [4.69, 9.17) is 5.41 Å². The van der Waals surface area contributed by atoms with E-state index in [9.17, 15) is 21.6 Å². The molecule has 2 heterocycles. The number of hydrogen-bond acceptors (Lipinski definition) is 4. The first-order valence-electron chi connectivity index (χ1n) is 6.09. The maximum atomic E-state index is 12.8. The predicted molar refractivity (Wildman–Crippen MR) is 75.5 cm³/mol. The van der Waals surface area contributed by atoms with Crippen molar-refractivity contribution in [3.63, 3.8) is 0 Å². The molecule has 0 aliphatic carbocycles. The average Bonchev–Trinajstić information content (AvgIpc) is 2.78. The van der Waals surface area contributed by atoms with Crippen LogP contribution in [0.4, 0.5) is 18.9 Å². The van der Waals surface area contributed by atoms with E-state index in [1.165, 1.54) is 17.0 Å². The third-order valence-electron chi connectivity index (χ3n) is 3.54. The summed E-state index contributed by atoms with van der Waals surface area (Å²) in [6, 6.07) is 4.20. The van der Waals surface area contributed by atoms with Gasteiger partial charge in [-0.05, 0) is 18.2 Å². The number of amidine groups is 1. The Morgan fingerprint density at radius 1 is 1.29 bits per heavy atom. The fourth-order valence-electron chi connectivity index (χ4n) is 2.64. The van der Waals surface area contributed by atoms with Gasteiger partial charge in [-0.2, -0.15) is 13.2 Å². The van der Waals surface area contributed by atoms with Crippen LogP contribution in [0.25, 0.3) is 0 Å². The van der Waals surface area contributed by atoms with Crippen LogP contribution >= 0.6 is 11.8 Å². The Morgan fingerprint density at radius 3 is 2.67 bits per heavy atom. The molecule has 1 aromatic carbocycles. The highest BCUT2D eigenvalue weighted by molar-refractivity contribution is 8.15. The van der Waals surface area contributed by atoms with Crippen LogP contribution in [0, 0.1) is 5.41 Å². The number of anilines is 1. The zero-order valence-electron chi connectivity index (χ0n) is 10.6. The van der Waals surface area contributed by atoms with Crippen molar-refractivity contribution in [1.82, 2.24) is 0 Å². The normalized spacial score (nSPS) is 28.0. The summed E-state index contributed by atoms with van der Waals surface area (Å²) in [5, 5.41) is 7.73. The van der Waals surface area contributed by atoms with Gasteiger partial charge in [0.15, 0.2) is 15.0 Å². The summed E-state index contributed by atoms with van der Waals surface area (Å²) < 4.78 is 61.6. The van der Waals surface area contributed by atoms with Crippen LogP contribution in [0.3, 0.4) is 0 Å². The number of fused-ring (bicyclic) bond motifs is 1. The largest absolute Gasteiger partial charge is 0.416 e. The number of nitrogens with zero attached hydrogens (tertiary/aromatic N) is 1. The minimum absolute atomic E-state index is 0.0276. The van der Waals surface area contributed by atoms with Crippen molar-refractivity contribution in [1.29, 1.82) is 5.41 Å². The number of nitrogens with one attached hydrogen (secondary N) is 1. The second-order valence-corrected chi connectivity index (χ2v) is 8.41. The number of thioether (sulfide) groups is 1. The highest BCUT2D eigenvalue weighted by Crippen LogP contribution is 2.41. The first-order chi connectivity index (χ1) is 9.67. The molecule has 0 spiro atoms. The fourth-order valence-corrected chi connectivity index (χ4v) is 6.43. The van der Waals surface area contributed by atoms with Gasteiger partial charge in [0.2, 0.25) is 0 Å². The fraction of sp³-hybridized carbons (Fsp3) is 0.417. The monoisotopic (exact) mass is 336 g/mol. The number of hydrogen-bond donors (Lipinski definition) is 1. The van der Waals surface area contributed by atoms with Crippen LogP contribution in [0.15, 0.2) is 24.3 Å². The Labute approximate surface area is 123 Å². The van der Waals surface area contributed by atoms with Gasteiger partial charge in [-0.15, -0.1) is 0 Å². The van der Waals surface area contributed by atoms with E-state index in [0.29, 0.717) is 0 Å². The van der Waals surface area contributed by atoms with Gasteiger partial charge < -0.3 is 4.90 Å². The molecule has 4 nitrogen and oxygen atoms in total. The summed E-state index contributed by atoms with van der Waals surface area (Å²) in [6.45, 7) is 0. The van der Waals surface area contributed by atoms with Crippen molar-refractivity contribution in [3.05, 3.63) is 29.8 Å². The van der Waals surface area contributed by atoms with Gasteiger partial charge in [-0.25, -0.2) is 8.42 Å². The Kier molecular flexibility index (Phi) is 3.25. The van der Waals surface area contributed by atoms with Gasteiger partial charge >= 0.3 is 6.18 Å². The lowest BCUT2D eigenvalue weighted by molar-refractivity contribution is -0.137. The lowest BCUT2D eigenvalue weighted by atomic mass is 10.1. The molecule has 2 fully saturated rings. The topological polar surface area (TPSA) is 61.2 Å². The molecule has 2 saturated heterocycles. The molecule has 2 aliphatic heterocycles. The molecule has 0 amide bonds. The Hall–Kier alpha value is -1.22. The Balaban J connectivity index is 1.98. The quantitative estimate of drug-likeness (QED) is 0.855. The molecular weight excluding hydrogens is 325 g/mol. The second-order valence-electron chi connectivity index (χ2n) is 5.02. The number of benzene rings is 1. The summed E-state index contributed by atoms with van der Waals surface area (Å²) in [5.41, 5.74) is -0.589. The zero-order valence-corrected chi connectivity index (χ0v) is 12.2. The molecule has 0 aromatic heterocycles. The smallest absolute Gasteiger partial charge is 0.316 e. The van der Waals surface area contributed by atoms with Gasteiger partial charge in [-0.3, -0.25) is 5.41 Å². The van der Waals surface area contributed by atoms with Gasteiger partial charge in [0.05, 0.1) is 23.1 Å². The van der Waals surface area contributed by atoms with Crippen molar-refractivity contribution in [2.45, 2.75) is 17.5 Å². The van der Waals surface area contributed by atoms with Crippen molar-refractivity contribution >= 4 is 32.5 Å². The van der Waals surface area contributed by atoms with E-state index >= 15 is 0 Å². The summed E-state index contributed by atoms with van der Waals surface area (Å²) in [6.07, 6.45) is -4.47. The van der Waals surface area contributed by atoms with Crippen LogP contribution in [0.2, 0.25) is 0 Å². The van der Waals surface area contributed by atoms with Crippen molar-refractivity contribution in [3.8, 4) is 0 Å². The molecule has 3 rings (SSSR count). The molecular formula is C12H11F3N2O2S2. The van der Waals surface area contributed by atoms with Crippen LogP contribution in [-0.2, 0) is 16.0 Å². The highest BCUT2D eigenvalue weighted by atomic mass is 32.2. The molecule has 9 heteroatoms. The van der Waals surface area contributed by atoms with Gasteiger partial charge in [0, 0.05) is 10.9 Å². The minimum Gasteiger partial charge on any atom is -0.316 e. The first-order valence-corrected chi connectivity index (χ1v) is 8.80. The molecule has 0 saturated carbocycles. The van der Waals surface area contributed by atoms with E-state index < -0.39 is 27.6 Å². The lowest BCUT2D eigenvalue weighted by Gasteiger charge is -2.24. The van der Waals surface area contributed by atoms with Gasteiger partial charge in [0.1, 0.15) is 0 Å². The standard InChI is InChI=1S/C12H11F3N2O2S2/c13-12(14,15)7-2-1-3-8(4-7)17-9-5-21(18,19)6-10(9)20-11(17)16/h1-4,9-10,16H,5-6H2/t9-,10-/m0/s1. The van der Waals surface area contributed by atoms with Crippen molar-refractivity contribution in [2.75, 3.05) is 16.4 Å². The molecule has 21 heavy (non-hydrogen) atoms. The zero-order chi connectivity index (χ0) is 15.4. The third kappa shape index (κ3) is 2.64. The Bertz CT molecular complexity index is 703. The van der Waals surface area contributed by atoms with E-state index in [2.05, 4.69) is 0 Å². The van der Waals surface area contributed by atoms with Crippen LogP contribution in [-0.4, -0.2) is 36.4 Å². The highest BCUT2D eigenvalue weighted by Gasteiger charge is 2.48. The maximum absolute atomic E-state index is 12.8. The Morgan fingerprint density at radius 2 is 2.00 bits per heavy atom. The SMILES string of the molecule is N=C1S[C@H]2CS(=O)(=O)C[C@@H]2N1c1cccc(C(F)(F)F)c1. The van der Waals surface area contributed by atoms with Crippen LogP contribution in [0.1, 0.15) is 5.56 Å². The maximum Gasteiger partial charge on any atom is 0.416 e. The molecule has 0 radical (unpaired) electrons. The van der Waals surface area contributed by atoms with Gasteiger partial charge in [0.25, 0.3) is 0 Å². The summed E-state index contributed by atoms with van der Waals surface area (Å²) in [5.74, 6) is -0.149. The van der Waals surface area contributed by atoms with Crippen LogP contribution in [0.5, 0.6) is 0 Å². The molecule has 0 unspecified atom stereocenters. The average molecular weight is 336 g/mol. The second kappa shape index (κ2) is 4.64. The molecule has 1 aromatic rings. The molecule has 0 bridgehead atoms. The van der Waals surface area contributed by atoms with E-state index in [1.807, 2.05) is 0 Å². The summed E-state index contributed by atoms with van der Waals surface area (Å²) >= 11 is 1.10. The van der Waals surface area contributed by atoms with Crippen LogP contribution < -0.4 is 4.90 Å². The van der Waals surface area contributed by atoms with E-state index in [0.717, 1.165) is 23.9 Å². The van der Waals surface area contributed by atoms with E-state index in [-0.39, 0.29) is 27.6 Å².